The molecule has 3 aromatic rings. The van der Waals surface area contributed by atoms with Crippen molar-refractivity contribution in [2.45, 2.75) is 20.3 Å². The van der Waals surface area contributed by atoms with Gasteiger partial charge in [0.2, 0.25) is 0 Å². The van der Waals surface area contributed by atoms with Crippen molar-refractivity contribution in [3.63, 3.8) is 0 Å². The van der Waals surface area contributed by atoms with E-state index in [-0.39, 0.29) is 11.8 Å². The molecule has 0 aliphatic carbocycles. The van der Waals surface area contributed by atoms with Crippen LogP contribution < -0.4 is 10.6 Å². The first kappa shape index (κ1) is 17.0. The lowest BCUT2D eigenvalue weighted by Crippen LogP contribution is -2.29. The van der Waals surface area contributed by atoms with Crippen LogP contribution in [0.2, 0.25) is 5.02 Å². The van der Waals surface area contributed by atoms with Gasteiger partial charge in [0.1, 0.15) is 16.7 Å². The van der Waals surface area contributed by atoms with Crippen molar-refractivity contribution in [1.29, 1.82) is 0 Å². The number of nitrogens with one attached hydrogen (secondary N) is 2. The molecule has 2 amide bonds. The smallest absolute Gasteiger partial charge is 0.319 e. The Balaban J connectivity index is 1.99. The molecule has 130 valence electrons. The number of aromatic nitrogens is 3. The lowest BCUT2D eigenvalue weighted by atomic mass is 10.1. The van der Waals surface area contributed by atoms with Crippen LogP contribution >= 0.6 is 11.6 Å². The van der Waals surface area contributed by atoms with Gasteiger partial charge >= 0.3 is 6.03 Å². The maximum Gasteiger partial charge on any atom is 0.319 e. The van der Waals surface area contributed by atoms with Crippen molar-refractivity contribution < 1.29 is 9.90 Å². The van der Waals surface area contributed by atoms with Gasteiger partial charge in [-0.3, -0.25) is 0 Å². The largest absolute Gasteiger partial charge is 0.504 e. The van der Waals surface area contributed by atoms with Gasteiger partial charge in [0.15, 0.2) is 5.75 Å². The topological polar surface area (TPSA) is 92.1 Å². The number of anilines is 1. The predicted octanol–water partition coefficient (Wildman–Crippen LogP) is 3.62. The number of urea groups is 1. The molecule has 0 radical (unpaired) electrons. The molecule has 0 unspecified atom stereocenters. The summed E-state index contributed by atoms with van der Waals surface area (Å²) in [6.07, 6.45) is 0.824. The molecule has 0 saturated heterocycles. The van der Waals surface area contributed by atoms with E-state index in [0.717, 1.165) is 12.0 Å². The normalized spacial score (nSPS) is 10.8. The number of phenols is 1. The summed E-state index contributed by atoms with van der Waals surface area (Å²) in [5.41, 5.74) is 2.78. The van der Waals surface area contributed by atoms with Gasteiger partial charge in [0.25, 0.3) is 0 Å². The fraction of sp³-hybridized carbons (Fsp3) is 0.235. The average Bonchev–Trinajstić information content (AvgIpc) is 2.98. The molecule has 0 atom stereocenters. The minimum atomic E-state index is -0.376. The number of fused-ring (bicyclic) bond motifs is 1. The van der Waals surface area contributed by atoms with Gasteiger partial charge in [-0.2, -0.15) is 0 Å². The summed E-state index contributed by atoms with van der Waals surface area (Å²) in [4.78, 5) is 13.2. The standard InChI is InChI=1S/C17H18ClN5O2/c1-3-6-19-17(25)20-14-7-10(2)8-15(16(14)24)23-21-12-5-4-11(18)9-13(12)22-23/h4-5,7-9,24H,3,6H2,1-2H3,(H2,19,20,25). The molecule has 0 bridgehead atoms. The number of phenolic OH excluding ortho intramolecular Hbond substituents is 1. The van der Waals surface area contributed by atoms with Gasteiger partial charge in [0.05, 0.1) is 5.69 Å². The van der Waals surface area contributed by atoms with Crippen LogP contribution in [0.5, 0.6) is 5.75 Å². The molecule has 0 fully saturated rings. The highest BCUT2D eigenvalue weighted by Crippen LogP contribution is 2.32. The van der Waals surface area contributed by atoms with E-state index in [1.165, 1.54) is 4.80 Å². The van der Waals surface area contributed by atoms with E-state index >= 15 is 0 Å². The summed E-state index contributed by atoms with van der Waals surface area (Å²) in [5, 5.41) is 25.2. The van der Waals surface area contributed by atoms with Gasteiger partial charge in [-0.05, 0) is 49.2 Å². The number of hydrogen-bond acceptors (Lipinski definition) is 4. The molecule has 3 rings (SSSR count). The molecule has 0 aliphatic rings. The monoisotopic (exact) mass is 359 g/mol. The molecule has 0 saturated carbocycles. The van der Waals surface area contributed by atoms with Crippen molar-refractivity contribution in [3.8, 4) is 11.4 Å². The summed E-state index contributed by atoms with van der Waals surface area (Å²) in [6.45, 7) is 4.37. The first-order chi connectivity index (χ1) is 12.0. The number of carbonyl (C=O) groups is 1. The molecule has 0 spiro atoms. The Kier molecular flexibility index (Phi) is 4.76. The molecular formula is C17H18ClN5O2. The SMILES string of the molecule is CCCNC(=O)Nc1cc(C)cc(-n2nc3ccc(Cl)cc3n2)c1O. The molecule has 8 heteroatoms. The van der Waals surface area contributed by atoms with Crippen molar-refractivity contribution >= 4 is 34.4 Å². The Labute approximate surface area is 149 Å². The minimum absolute atomic E-state index is 0.108. The summed E-state index contributed by atoms with van der Waals surface area (Å²) in [5.74, 6) is -0.108. The van der Waals surface area contributed by atoms with E-state index in [1.807, 2.05) is 13.8 Å². The Morgan fingerprint density at radius 3 is 2.76 bits per heavy atom. The zero-order chi connectivity index (χ0) is 18.0. The maximum absolute atomic E-state index is 11.9. The second kappa shape index (κ2) is 6.98. The highest BCUT2D eigenvalue weighted by molar-refractivity contribution is 6.31. The van der Waals surface area contributed by atoms with Gasteiger partial charge in [-0.1, -0.05) is 18.5 Å². The Morgan fingerprint density at radius 2 is 2.00 bits per heavy atom. The summed E-state index contributed by atoms with van der Waals surface area (Å²) < 4.78 is 0. The molecule has 3 N–H and O–H groups in total. The van der Waals surface area contributed by atoms with E-state index < -0.39 is 0 Å². The van der Waals surface area contributed by atoms with Gasteiger partial charge in [-0.25, -0.2) is 4.79 Å². The van der Waals surface area contributed by atoms with Crippen molar-refractivity contribution in [1.82, 2.24) is 20.3 Å². The van der Waals surface area contributed by atoms with E-state index in [4.69, 9.17) is 11.6 Å². The van der Waals surface area contributed by atoms with E-state index in [2.05, 4.69) is 20.8 Å². The Bertz CT molecular complexity index is 938. The third-order valence-corrected chi connectivity index (χ3v) is 3.81. The van der Waals surface area contributed by atoms with Crippen LogP contribution in [-0.4, -0.2) is 32.7 Å². The molecule has 7 nitrogen and oxygen atoms in total. The zero-order valence-corrected chi connectivity index (χ0v) is 14.6. The van der Waals surface area contributed by atoms with E-state index in [9.17, 15) is 9.90 Å². The van der Waals surface area contributed by atoms with Gasteiger partial charge < -0.3 is 15.7 Å². The number of nitrogens with zero attached hydrogens (tertiary/aromatic N) is 3. The van der Waals surface area contributed by atoms with Crippen LogP contribution in [0.15, 0.2) is 30.3 Å². The molecule has 1 heterocycles. The zero-order valence-electron chi connectivity index (χ0n) is 13.9. The second-order valence-corrected chi connectivity index (χ2v) is 6.12. The number of amides is 2. The number of rotatable bonds is 4. The highest BCUT2D eigenvalue weighted by atomic mass is 35.5. The minimum Gasteiger partial charge on any atom is -0.504 e. The van der Waals surface area contributed by atoms with Crippen molar-refractivity contribution in [2.24, 2.45) is 0 Å². The first-order valence-corrected chi connectivity index (χ1v) is 8.27. The number of hydrogen-bond donors (Lipinski definition) is 3. The fourth-order valence-electron chi connectivity index (χ4n) is 2.41. The van der Waals surface area contributed by atoms with E-state index in [1.54, 1.807) is 30.3 Å². The van der Waals surface area contributed by atoms with Crippen molar-refractivity contribution in [3.05, 3.63) is 40.9 Å². The average molecular weight is 360 g/mol. The van der Waals surface area contributed by atoms with E-state index in [0.29, 0.717) is 34.0 Å². The number of aromatic hydroxyl groups is 1. The van der Waals surface area contributed by atoms with Crippen molar-refractivity contribution in [2.75, 3.05) is 11.9 Å². The Morgan fingerprint density at radius 1 is 1.24 bits per heavy atom. The van der Waals surface area contributed by atoms with Crippen LogP contribution in [0.25, 0.3) is 16.7 Å². The fourth-order valence-corrected chi connectivity index (χ4v) is 2.57. The Hall–Kier alpha value is -2.80. The molecule has 0 aliphatic heterocycles. The summed E-state index contributed by atoms with van der Waals surface area (Å²) in [6, 6.07) is 8.23. The molecule has 2 aromatic carbocycles. The summed E-state index contributed by atoms with van der Waals surface area (Å²) >= 11 is 5.97. The maximum atomic E-state index is 11.9. The third-order valence-electron chi connectivity index (χ3n) is 3.58. The molecule has 25 heavy (non-hydrogen) atoms. The van der Waals surface area contributed by atoms with Crippen LogP contribution in [0.3, 0.4) is 0 Å². The lowest BCUT2D eigenvalue weighted by molar-refractivity contribution is 0.252. The van der Waals surface area contributed by atoms with Crippen LogP contribution in [0, 0.1) is 6.92 Å². The molecule has 1 aromatic heterocycles. The summed E-state index contributed by atoms with van der Waals surface area (Å²) in [7, 11) is 0. The van der Waals surface area contributed by atoms with Crippen LogP contribution in [-0.2, 0) is 0 Å². The highest BCUT2D eigenvalue weighted by Gasteiger charge is 2.15. The number of aryl methyl sites for hydroxylation is 1. The van der Waals surface area contributed by atoms with Crippen LogP contribution in [0.4, 0.5) is 10.5 Å². The first-order valence-electron chi connectivity index (χ1n) is 7.89. The lowest BCUT2D eigenvalue weighted by Gasteiger charge is -2.12. The van der Waals surface area contributed by atoms with Gasteiger partial charge in [-0.15, -0.1) is 15.0 Å². The third kappa shape index (κ3) is 3.66. The van der Waals surface area contributed by atoms with Crippen LogP contribution in [0.1, 0.15) is 18.9 Å². The predicted molar refractivity (Wildman–Crippen MR) is 97.6 cm³/mol. The molecular weight excluding hydrogens is 342 g/mol. The quantitative estimate of drug-likeness (QED) is 0.620. The second-order valence-electron chi connectivity index (χ2n) is 5.68. The number of benzene rings is 2. The number of carbonyl (C=O) groups excluding carboxylic acids is 1. The number of halogens is 1. The van der Waals surface area contributed by atoms with Gasteiger partial charge in [0, 0.05) is 11.6 Å².